The van der Waals surface area contributed by atoms with Crippen LogP contribution in [0.4, 0.5) is 5.69 Å². The summed E-state index contributed by atoms with van der Waals surface area (Å²) in [6.07, 6.45) is 2.61. The van der Waals surface area contributed by atoms with Crippen molar-refractivity contribution in [2.45, 2.75) is 19.4 Å². The van der Waals surface area contributed by atoms with Crippen LogP contribution in [0, 0.1) is 6.92 Å². The van der Waals surface area contributed by atoms with Gasteiger partial charge in [-0.25, -0.2) is 9.91 Å². The molecule has 1 aliphatic heterocycles. The molecule has 0 spiro atoms. The molecule has 160 valence electrons. The zero-order chi connectivity index (χ0) is 22.7. The van der Waals surface area contributed by atoms with Gasteiger partial charge in [-0.15, -0.1) is 0 Å². The van der Waals surface area contributed by atoms with Crippen molar-refractivity contribution in [3.8, 4) is 0 Å². The lowest BCUT2D eigenvalue weighted by Crippen LogP contribution is -2.54. The van der Waals surface area contributed by atoms with Crippen molar-refractivity contribution in [3.63, 3.8) is 0 Å². The molecule has 8 heteroatoms. The van der Waals surface area contributed by atoms with E-state index < -0.39 is 29.7 Å². The molecular weight excluding hydrogens is 408 g/mol. The standard InChI is InChI=1S/C24H20N4O4/c1-16-9-11-19(12-10-16)27-21(29)14-20(24(27)32)28(23(31)17-6-3-2-4-7-17)26-22(30)18-8-5-13-25-15-18/h2-13,15,20H,14H2,1H3,(H,26,30). The predicted octanol–water partition coefficient (Wildman–Crippen LogP) is 2.51. The Labute approximate surface area is 184 Å². The second-order valence-electron chi connectivity index (χ2n) is 7.35. The molecule has 1 atom stereocenters. The molecule has 1 N–H and O–H groups in total. The molecule has 32 heavy (non-hydrogen) atoms. The van der Waals surface area contributed by atoms with E-state index in [4.69, 9.17) is 0 Å². The average Bonchev–Trinajstić information content (AvgIpc) is 3.12. The van der Waals surface area contributed by atoms with Gasteiger partial charge in [0.25, 0.3) is 17.7 Å². The molecule has 2 heterocycles. The number of rotatable bonds is 4. The van der Waals surface area contributed by atoms with Gasteiger partial charge in [0.2, 0.25) is 5.91 Å². The first-order valence-electron chi connectivity index (χ1n) is 9.99. The zero-order valence-electron chi connectivity index (χ0n) is 17.3. The normalized spacial score (nSPS) is 15.5. The van der Waals surface area contributed by atoms with Crippen LogP contribution in [-0.4, -0.2) is 39.7 Å². The van der Waals surface area contributed by atoms with E-state index in [2.05, 4.69) is 10.4 Å². The molecule has 4 amide bonds. The Balaban J connectivity index is 1.67. The van der Waals surface area contributed by atoms with Gasteiger partial charge in [0.15, 0.2) is 0 Å². The molecule has 0 aliphatic carbocycles. The third-order valence-electron chi connectivity index (χ3n) is 5.11. The summed E-state index contributed by atoms with van der Waals surface area (Å²) in [5.41, 5.74) is 4.39. The van der Waals surface area contributed by atoms with Crippen LogP contribution in [0.15, 0.2) is 79.1 Å². The van der Waals surface area contributed by atoms with Crippen LogP contribution in [0.25, 0.3) is 0 Å². The van der Waals surface area contributed by atoms with Crippen molar-refractivity contribution in [1.29, 1.82) is 0 Å². The first-order valence-corrected chi connectivity index (χ1v) is 9.99. The summed E-state index contributed by atoms with van der Waals surface area (Å²) in [5.74, 6) is -2.25. The van der Waals surface area contributed by atoms with Gasteiger partial charge in [0, 0.05) is 18.0 Å². The van der Waals surface area contributed by atoms with E-state index >= 15 is 0 Å². The Morgan fingerprint density at radius 3 is 2.31 bits per heavy atom. The summed E-state index contributed by atoms with van der Waals surface area (Å²) in [6, 6.07) is 17.1. The molecule has 0 saturated carbocycles. The monoisotopic (exact) mass is 428 g/mol. The molecule has 2 aromatic carbocycles. The maximum Gasteiger partial charge on any atom is 0.273 e. The van der Waals surface area contributed by atoms with E-state index in [1.54, 1.807) is 60.7 Å². The number of hydrogen-bond acceptors (Lipinski definition) is 5. The molecule has 1 aliphatic rings. The molecule has 0 radical (unpaired) electrons. The fourth-order valence-electron chi connectivity index (χ4n) is 3.44. The summed E-state index contributed by atoms with van der Waals surface area (Å²) >= 11 is 0. The van der Waals surface area contributed by atoms with Gasteiger partial charge in [-0.05, 0) is 43.3 Å². The molecular formula is C24H20N4O4. The van der Waals surface area contributed by atoms with Gasteiger partial charge in [-0.1, -0.05) is 35.9 Å². The number of carbonyl (C=O) groups excluding carboxylic acids is 4. The van der Waals surface area contributed by atoms with Crippen LogP contribution in [-0.2, 0) is 9.59 Å². The van der Waals surface area contributed by atoms with Crippen molar-refractivity contribution in [2.75, 3.05) is 4.90 Å². The van der Waals surface area contributed by atoms with E-state index in [0.717, 1.165) is 15.5 Å². The Morgan fingerprint density at radius 2 is 1.66 bits per heavy atom. The van der Waals surface area contributed by atoms with Gasteiger partial charge in [-0.2, -0.15) is 0 Å². The molecule has 1 fully saturated rings. The smallest absolute Gasteiger partial charge is 0.273 e. The number of hydrazine groups is 1. The summed E-state index contributed by atoms with van der Waals surface area (Å²) in [6.45, 7) is 1.90. The lowest BCUT2D eigenvalue weighted by Gasteiger charge is -2.28. The number of benzene rings is 2. The van der Waals surface area contributed by atoms with Crippen LogP contribution < -0.4 is 10.3 Å². The summed E-state index contributed by atoms with van der Waals surface area (Å²) in [4.78, 5) is 57.0. The van der Waals surface area contributed by atoms with Gasteiger partial charge >= 0.3 is 0 Å². The van der Waals surface area contributed by atoms with Crippen LogP contribution in [0.2, 0.25) is 0 Å². The second kappa shape index (κ2) is 8.81. The van der Waals surface area contributed by atoms with E-state index in [0.29, 0.717) is 5.69 Å². The molecule has 8 nitrogen and oxygen atoms in total. The highest BCUT2D eigenvalue weighted by atomic mass is 16.2. The summed E-state index contributed by atoms with van der Waals surface area (Å²) in [7, 11) is 0. The number of pyridine rings is 1. The fraction of sp³-hybridized carbons (Fsp3) is 0.125. The Kier molecular flexibility index (Phi) is 5.76. The van der Waals surface area contributed by atoms with Crippen molar-refractivity contribution >= 4 is 29.3 Å². The number of aromatic nitrogens is 1. The zero-order valence-corrected chi connectivity index (χ0v) is 17.3. The second-order valence-corrected chi connectivity index (χ2v) is 7.35. The molecule has 1 unspecified atom stereocenters. The minimum absolute atomic E-state index is 0.213. The van der Waals surface area contributed by atoms with Crippen LogP contribution >= 0.6 is 0 Å². The number of nitrogens with zero attached hydrogens (tertiary/aromatic N) is 3. The van der Waals surface area contributed by atoms with E-state index in [1.807, 2.05) is 6.92 Å². The van der Waals surface area contributed by atoms with E-state index in [9.17, 15) is 19.2 Å². The minimum Gasteiger partial charge on any atom is -0.274 e. The summed E-state index contributed by atoms with van der Waals surface area (Å²) in [5, 5.41) is 0.944. The molecule has 0 bridgehead atoms. The Hall–Kier alpha value is -4.33. The van der Waals surface area contributed by atoms with E-state index in [-0.39, 0.29) is 17.5 Å². The first kappa shape index (κ1) is 20.9. The quantitative estimate of drug-likeness (QED) is 0.508. The van der Waals surface area contributed by atoms with Crippen molar-refractivity contribution in [3.05, 3.63) is 95.8 Å². The molecule has 1 aromatic heterocycles. The maximum atomic E-state index is 13.3. The van der Waals surface area contributed by atoms with Gasteiger partial charge in [0.05, 0.1) is 17.7 Å². The number of carbonyl (C=O) groups is 4. The Morgan fingerprint density at radius 1 is 0.969 bits per heavy atom. The molecule has 4 rings (SSSR count). The van der Waals surface area contributed by atoms with Gasteiger partial charge in [-0.3, -0.25) is 29.6 Å². The topological polar surface area (TPSA) is 99.7 Å². The lowest BCUT2D eigenvalue weighted by atomic mass is 10.1. The number of imide groups is 1. The minimum atomic E-state index is -1.18. The van der Waals surface area contributed by atoms with E-state index in [1.165, 1.54) is 18.5 Å². The van der Waals surface area contributed by atoms with Crippen molar-refractivity contribution < 1.29 is 19.2 Å². The largest absolute Gasteiger partial charge is 0.274 e. The van der Waals surface area contributed by atoms with Gasteiger partial charge in [0.1, 0.15) is 6.04 Å². The highest BCUT2D eigenvalue weighted by Crippen LogP contribution is 2.26. The maximum absolute atomic E-state index is 13.3. The lowest BCUT2D eigenvalue weighted by molar-refractivity contribution is -0.122. The predicted molar refractivity (Wildman–Crippen MR) is 116 cm³/mol. The molecule has 3 aromatic rings. The highest BCUT2D eigenvalue weighted by molar-refractivity contribution is 6.23. The van der Waals surface area contributed by atoms with Crippen LogP contribution in [0.5, 0.6) is 0 Å². The Bertz CT molecular complexity index is 1160. The average molecular weight is 428 g/mol. The third kappa shape index (κ3) is 4.11. The molecule has 1 saturated heterocycles. The SMILES string of the molecule is Cc1ccc(N2C(=O)CC(N(NC(=O)c3cccnc3)C(=O)c3ccccc3)C2=O)cc1. The number of anilines is 1. The fourth-order valence-corrected chi connectivity index (χ4v) is 3.44. The van der Waals surface area contributed by atoms with Crippen LogP contribution in [0.1, 0.15) is 32.7 Å². The number of hydrogen-bond donors (Lipinski definition) is 1. The van der Waals surface area contributed by atoms with Crippen molar-refractivity contribution in [1.82, 2.24) is 15.4 Å². The third-order valence-corrected chi connectivity index (χ3v) is 5.11. The highest BCUT2D eigenvalue weighted by Gasteiger charge is 2.45. The van der Waals surface area contributed by atoms with Crippen molar-refractivity contribution in [2.24, 2.45) is 0 Å². The van der Waals surface area contributed by atoms with Gasteiger partial charge < -0.3 is 0 Å². The number of aryl methyl sites for hydroxylation is 1. The first-order chi connectivity index (χ1) is 15.5. The number of nitrogens with one attached hydrogen (secondary N) is 1. The number of amides is 4. The summed E-state index contributed by atoms with van der Waals surface area (Å²) < 4.78 is 0. The van der Waals surface area contributed by atoms with Crippen LogP contribution in [0.3, 0.4) is 0 Å².